The Balaban J connectivity index is 1.68. The van der Waals surface area contributed by atoms with E-state index in [2.05, 4.69) is 20.6 Å². The van der Waals surface area contributed by atoms with Gasteiger partial charge in [-0.05, 0) is 19.1 Å². The first kappa shape index (κ1) is 11.9. The third kappa shape index (κ3) is 2.79. The van der Waals surface area contributed by atoms with E-state index in [0.717, 1.165) is 21.5 Å². The van der Waals surface area contributed by atoms with Crippen molar-refractivity contribution in [3.8, 4) is 5.69 Å². The Hall–Kier alpha value is -2.21. The maximum Gasteiger partial charge on any atom is 0.148 e. The number of para-hydroxylation sites is 1. The molecule has 0 fully saturated rings. The smallest absolute Gasteiger partial charge is 0.148 e. The summed E-state index contributed by atoms with van der Waals surface area (Å²) >= 11 is 1.59. The molecule has 0 bridgehead atoms. The minimum absolute atomic E-state index is 0.650. The fourth-order valence-electron chi connectivity index (χ4n) is 1.72. The number of aryl methyl sites for hydroxylation is 1. The van der Waals surface area contributed by atoms with Crippen LogP contribution in [0.4, 0.5) is 5.82 Å². The molecule has 0 radical (unpaired) electrons. The standard InChI is InChI=1S/C13H13N5S/c1-10-15-16-13(19-10)9-14-12-7-8-18(17-12)11-5-3-2-4-6-11/h2-8H,9H2,1H3,(H,14,17). The van der Waals surface area contributed by atoms with Crippen LogP contribution < -0.4 is 5.32 Å². The lowest BCUT2D eigenvalue weighted by atomic mass is 10.3. The van der Waals surface area contributed by atoms with Crippen LogP contribution in [0.1, 0.15) is 10.0 Å². The van der Waals surface area contributed by atoms with E-state index in [1.54, 1.807) is 11.3 Å². The molecular formula is C13H13N5S. The maximum absolute atomic E-state index is 4.46. The molecule has 3 rings (SSSR count). The molecule has 0 aliphatic heterocycles. The Morgan fingerprint density at radius 1 is 1.16 bits per heavy atom. The maximum atomic E-state index is 4.46. The molecule has 1 N–H and O–H groups in total. The van der Waals surface area contributed by atoms with Crippen LogP contribution in [-0.2, 0) is 6.54 Å². The monoisotopic (exact) mass is 271 g/mol. The van der Waals surface area contributed by atoms with Gasteiger partial charge in [-0.15, -0.1) is 10.2 Å². The zero-order valence-corrected chi connectivity index (χ0v) is 11.3. The van der Waals surface area contributed by atoms with Crippen LogP contribution in [-0.4, -0.2) is 20.0 Å². The summed E-state index contributed by atoms with van der Waals surface area (Å²) in [6.07, 6.45) is 1.93. The number of rotatable bonds is 4. The van der Waals surface area contributed by atoms with Crippen molar-refractivity contribution in [2.45, 2.75) is 13.5 Å². The van der Waals surface area contributed by atoms with Crippen molar-refractivity contribution in [2.24, 2.45) is 0 Å². The van der Waals surface area contributed by atoms with Crippen molar-refractivity contribution in [3.05, 3.63) is 52.6 Å². The molecule has 5 nitrogen and oxygen atoms in total. The third-order valence-corrected chi connectivity index (χ3v) is 3.44. The third-order valence-electron chi connectivity index (χ3n) is 2.60. The highest BCUT2D eigenvalue weighted by molar-refractivity contribution is 7.11. The molecule has 96 valence electrons. The molecule has 0 atom stereocenters. The minimum atomic E-state index is 0.650. The van der Waals surface area contributed by atoms with Crippen molar-refractivity contribution < 1.29 is 0 Å². The van der Waals surface area contributed by atoms with E-state index in [4.69, 9.17) is 0 Å². The second-order valence-corrected chi connectivity index (χ2v) is 5.32. The van der Waals surface area contributed by atoms with E-state index in [1.165, 1.54) is 0 Å². The molecule has 6 heteroatoms. The molecule has 0 saturated carbocycles. The quantitative estimate of drug-likeness (QED) is 0.792. The second-order valence-electron chi connectivity index (χ2n) is 4.05. The summed E-state index contributed by atoms with van der Waals surface area (Å²) < 4.78 is 1.84. The second kappa shape index (κ2) is 5.19. The predicted molar refractivity (Wildman–Crippen MR) is 75.5 cm³/mol. The van der Waals surface area contributed by atoms with Crippen LogP contribution in [0.5, 0.6) is 0 Å². The average Bonchev–Trinajstić information content (AvgIpc) is 3.06. The fraction of sp³-hybridized carbons (Fsp3) is 0.154. The van der Waals surface area contributed by atoms with Crippen molar-refractivity contribution in [1.82, 2.24) is 20.0 Å². The highest BCUT2D eigenvalue weighted by Gasteiger charge is 2.03. The molecule has 3 aromatic rings. The number of nitrogens with one attached hydrogen (secondary N) is 1. The lowest BCUT2D eigenvalue weighted by molar-refractivity contribution is 0.874. The van der Waals surface area contributed by atoms with E-state index in [0.29, 0.717) is 6.54 Å². The van der Waals surface area contributed by atoms with Crippen LogP contribution in [0.25, 0.3) is 5.69 Å². The van der Waals surface area contributed by atoms with Gasteiger partial charge in [0.2, 0.25) is 0 Å². The molecule has 2 heterocycles. The number of anilines is 1. The van der Waals surface area contributed by atoms with Crippen LogP contribution in [0, 0.1) is 6.92 Å². The molecule has 0 saturated heterocycles. The highest BCUT2D eigenvalue weighted by atomic mass is 32.1. The van der Waals surface area contributed by atoms with Crippen LogP contribution in [0.3, 0.4) is 0 Å². The summed E-state index contributed by atoms with van der Waals surface area (Å²) in [5, 5.41) is 17.7. The van der Waals surface area contributed by atoms with Gasteiger partial charge in [-0.25, -0.2) is 4.68 Å². The first-order valence-electron chi connectivity index (χ1n) is 5.95. The predicted octanol–water partition coefficient (Wildman–Crippen LogP) is 2.64. The summed E-state index contributed by atoms with van der Waals surface area (Å²) in [4.78, 5) is 0. The van der Waals surface area contributed by atoms with Gasteiger partial charge in [0, 0.05) is 12.3 Å². The average molecular weight is 271 g/mol. The highest BCUT2D eigenvalue weighted by Crippen LogP contribution is 2.12. The number of aromatic nitrogens is 4. The van der Waals surface area contributed by atoms with Gasteiger partial charge in [0.1, 0.15) is 15.8 Å². The van der Waals surface area contributed by atoms with E-state index >= 15 is 0 Å². The summed E-state index contributed by atoms with van der Waals surface area (Å²) in [5.41, 5.74) is 1.04. The van der Waals surface area contributed by atoms with Gasteiger partial charge in [-0.3, -0.25) is 0 Å². The molecule has 2 aromatic heterocycles. The minimum Gasteiger partial charge on any atom is -0.362 e. The lowest BCUT2D eigenvalue weighted by Gasteiger charge is -2.01. The number of hydrogen-bond donors (Lipinski definition) is 1. The lowest BCUT2D eigenvalue weighted by Crippen LogP contribution is -2.01. The van der Waals surface area contributed by atoms with Gasteiger partial charge >= 0.3 is 0 Å². The van der Waals surface area contributed by atoms with Gasteiger partial charge in [-0.2, -0.15) is 5.10 Å². The van der Waals surface area contributed by atoms with Crippen molar-refractivity contribution in [3.63, 3.8) is 0 Å². The topological polar surface area (TPSA) is 55.6 Å². The first-order valence-corrected chi connectivity index (χ1v) is 6.77. The normalized spacial score (nSPS) is 10.6. The summed E-state index contributed by atoms with van der Waals surface area (Å²) in [6, 6.07) is 12.0. The van der Waals surface area contributed by atoms with Gasteiger partial charge in [0.15, 0.2) is 0 Å². The van der Waals surface area contributed by atoms with Crippen LogP contribution in [0.15, 0.2) is 42.6 Å². The van der Waals surface area contributed by atoms with Crippen molar-refractivity contribution in [1.29, 1.82) is 0 Å². The molecule has 0 aliphatic carbocycles. The molecular weight excluding hydrogens is 258 g/mol. The Kier molecular flexibility index (Phi) is 3.24. The molecule has 0 aliphatic rings. The zero-order chi connectivity index (χ0) is 13.1. The largest absolute Gasteiger partial charge is 0.362 e. The van der Waals surface area contributed by atoms with Gasteiger partial charge in [0.25, 0.3) is 0 Å². The Bertz CT molecular complexity index is 658. The molecule has 1 aromatic carbocycles. The van der Waals surface area contributed by atoms with E-state index in [9.17, 15) is 0 Å². The van der Waals surface area contributed by atoms with E-state index in [-0.39, 0.29) is 0 Å². The van der Waals surface area contributed by atoms with Gasteiger partial charge < -0.3 is 5.32 Å². The Morgan fingerprint density at radius 2 is 2.00 bits per heavy atom. The Labute approximate surface area is 114 Å². The van der Waals surface area contributed by atoms with Gasteiger partial charge in [0.05, 0.1) is 12.2 Å². The molecule has 0 amide bonds. The number of benzene rings is 1. The van der Waals surface area contributed by atoms with E-state index < -0.39 is 0 Å². The summed E-state index contributed by atoms with van der Waals surface area (Å²) in [7, 11) is 0. The zero-order valence-electron chi connectivity index (χ0n) is 10.4. The summed E-state index contributed by atoms with van der Waals surface area (Å²) in [5.74, 6) is 0.830. The number of nitrogens with zero attached hydrogens (tertiary/aromatic N) is 4. The molecule has 19 heavy (non-hydrogen) atoms. The van der Waals surface area contributed by atoms with Crippen LogP contribution in [0.2, 0.25) is 0 Å². The fourth-order valence-corrected chi connectivity index (χ4v) is 2.37. The SMILES string of the molecule is Cc1nnc(CNc2ccn(-c3ccccc3)n2)s1. The molecule has 0 unspecified atom stereocenters. The van der Waals surface area contributed by atoms with Gasteiger partial charge in [-0.1, -0.05) is 29.5 Å². The van der Waals surface area contributed by atoms with E-state index in [1.807, 2.05) is 54.2 Å². The van der Waals surface area contributed by atoms with Crippen LogP contribution >= 0.6 is 11.3 Å². The summed E-state index contributed by atoms with van der Waals surface area (Å²) in [6.45, 7) is 2.60. The Morgan fingerprint density at radius 3 is 2.74 bits per heavy atom. The van der Waals surface area contributed by atoms with Crippen molar-refractivity contribution in [2.75, 3.05) is 5.32 Å². The first-order chi connectivity index (χ1) is 9.31. The van der Waals surface area contributed by atoms with Crippen molar-refractivity contribution >= 4 is 17.2 Å². The molecule has 0 spiro atoms. The number of hydrogen-bond acceptors (Lipinski definition) is 5.